The van der Waals surface area contributed by atoms with Gasteiger partial charge in [-0.3, -0.25) is 4.79 Å². The molecule has 25 heavy (non-hydrogen) atoms. The van der Waals surface area contributed by atoms with Gasteiger partial charge in [0, 0.05) is 31.2 Å². The predicted molar refractivity (Wildman–Crippen MR) is 88.9 cm³/mol. The molecule has 3 heterocycles. The molecule has 0 saturated carbocycles. The number of benzene rings is 1. The van der Waals surface area contributed by atoms with E-state index in [4.69, 9.17) is 4.74 Å². The van der Waals surface area contributed by atoms with Crippen molar-refractivity contribution in [2.24, 2.45) is 5.41 Å². The molecule has 0 bridgehead atoms. The first-order chi connectivity index (χ1) is 12.1. The van der Waals surface area contributed by atoms with Crippen molar-refractivity contribution in [1.29, 1.82) is 0 Å². The van der Waals surface area contributed by atoms with Gasteiger partial charge in [0.05, 0.1) is 12.3 Å². The van der Waals surface area contributed by atoms with Gasteiger partial charge in [-0.15, -0.1) is 0 Å². The van der Waals surface area contributed by atoms with Gasteiger partial charge >= 0.3 is 5.97 Å². The number of aromatic carboxylic acids is 1. The van der Waals surface area contributed by atoms with Gasteiger partial charge in [-0.1, -0.05) is 18.2 Å². The van der Waals surface area contributed by atoms with E-state index in [1.165, 1.54) is 10.7 Å². The third kappa shape index (κ3) is 2.80. The monoisotopic (exact) mass is 341 g/mol. The molecule has 1 unspecified atom stereocenters. The van der Waals surface area contributed by atoms with Crippen LogP contribution in [-0.2, 0) is 4.74 Å². The van der Waals surface area contributed by atoms with Crippen LogP contribution in [0.5, 0.6) is 0 Å². The van der Waals surface area contributed by atoms with Crippen molar-refractivity contribution in [3.63, 3.8) is 0 Å². The van der Waals surface area contributed by atoms with Crippen molar-refractivity contribution in [3.8, 4) is 5.69 Å². The highest BCUT2D eigenvalue weighted by Gasteiger charge is 2.43. The quantitative estimate of drug-likeness (QED) is 0.920. The Morgan fingerprint density at radius 2 is 2.00 bits per heavy atom. The van der Waals surface area contributed by atoms with Gasteiger partial charge in [-0.2, -0.15) is 5.10 Å². The lowest BCUT2D eigenvalue weighted by molar-refractivity contribution is 0.0689. The molecule has 2 aromatic rings. The summed E-state index contributed by atoms with van der Waals surface area (Å²) in [4.78, 5) is 26.2. The van der Waals surface area contributed by atoms with E-state index in [0.717, 1.165) is 19.4 Å². The van der Waals surface area contributed by atoms with Gasteiger partial charge in [0.1, 0.15) is 5.69 Å². The lowest BCUT2D eigenvalue weighted by atomic mass is 9.87. The standard InChI is InChI=1S/C18H19N3O4/c22-16(20-8-6-18(11-20)7-9-25-12-18)15-10-14(17(23)24)19-21(15)13-4-2-1-3-5-13/h1-5,10H,6-9,11-12H2,(H,23,24). The second-order valence-electron chi connectivity index (χ2n) is 6.75. The van der Waals surface area contributed by atoms with Crippen molar-refractivity contribution < 1.29 is 19.4 Å². The van der Waals surface area contributed by atoms with Crippen molar-refractivity contribution in [1.82, 2.24) is 14.7 Å². The molecule has 7 heteroatoms. The summed E-state index contributed by atoms with van der Waals surface area (Å²) in [5, 5.41) is 13.4. The number of para-hydroxylation sites is 1. The van der Waals surface area contributed by atoms with Gasteiger partial charge in [0.25, 0.3) is 5.91 Å². The molecule has 2 fully saturated rings. The average Bonchev–Trinajstić information content (AvgIpc) is 3.36. The predicted octanol–water partition coefficient (Wildman–Crippen LogP) is 1.82. The molecule has 2 aliphatic rings. The number of carbonyl (C=O) groups excluding carboxylic acids is 1. The normalized spacial score (nSPS) is 22.6. The zero-order valence-electron chi connectivity index (χ0n) is 13.7. The third-order valence-corrected chi connectivity index (χ3v) is 5.06. The summed E-state index contributed by atoms with van der Waals surface area (Å²) in [5.41, 5.74) is 0.865. The van der Waals surface area contributed by atoms with Crippen molar-refractivity contribution >= 4 is 11.9 Å². The van der Waals surface area contributed by atoms with E-state index < -0.39 is 5.97 Å². The summed E-state index contributed by atoms with van der Waals surface area (Å²) in [6.07, 6.45) is 1.89. The Morgan fingerprint density at radius 3 is 2.68 bits per heavy atom. The molecule has 0 aliphatic carbocycles. The van der Waals surface area contributed by atoms with Crippen molar-refractivity contribution in [3.05, 3.63) is 47.8 Å². The highest BCUT2D eigenvalue weighted by molar-refractivity contribution is 5.96. The van der Waals surface area contributed by atoms with Crippen LogP contribution in [-0.4, -0.2) is 58.0 Å². The minimum Gasteiger partial charge on any atom is -0.476 e. The molecule has 1 aromatic heterocycles. The van der Waals surface area contributed by atoms with Gasteiger partial charge < -0.3 is 14.7 Å². The highest BCUT2D eigenvalue weighted by atomic mass is 16.5. The smallest absolute Gasteiger partial charge is 0.356 e. The van der Waals surface area contributed by atoms with Crippen LogP contribution in [0.3, 0.4) is 0 Å². The first-order valence-electron chi connectivity index (χ1n) is 8.34. The largest absolute Gasteiger partial charge is 0.476 e. The summed E-state index contributed by atoms with van der Waals surface area (Å²) >= 11 is 0. The number of rotatable bonds is 3. The summed E-state index contributed by atoms with van der Waals surface area (Å²) in [6.45, 7) is 2.74. The molecular weight excluding hydrogens is 322 g/mol. The van der Waals surface area contributed by atoms with Crippen LogP contribution in [0.25, 0.3) is 5.69 Å². The molecule has 1 amide bonds. The summed E-state index contributed by atoms with van der Waals surface area (Å²) in [7, 11) is 0. The summed E-state index contributed by atoms with van der Waals surface area (Å²) in [5.74, 6) is -1.33. The van der Waals surface area contributed by atoms with E-state index >= 15 is 0 Å². The van der Waals surface area contributed by atoms with E-state index in [-0.39, 0.29) is 22.7 Å². The molecular formula is C18H19N3O4. The second kappa shape index (κ2) is 6.00. The zero-order valence-corrected chi connectivity index (χ0v) is 13.7. The molecule has 2 saturated heterocycles. The summed E-state index contributed by atoms with van der Waals surface area (Å²) < 4.78 is 6.93. The Bertz CT molecular complexity index is 809. The SMILES string of the molecule is O=C(O)c1cc(C(=O)N2CCC3(CCOC3)C2)n(-c2ccccc2)n1. The molecule has 2 aliphatic heterocycles. The van der Waals surface area contributed by atoms with E-state index in [1.807, 2.05) is 18.2 Å². The maximum Gasteiger partial charge on any atom is 0.356 e. The Morgan fingerprint density at radius 1 is 1.20 bits per heavy atom. The molecule has 4 rings (SSSR count). The Kier molecular flexibility index (Phi) is 3.80. The van der Waals surface area contributed by atoms with Crippen LogP contribution < -0.4 is 0 Å². The molecule has 7 nitrogen and oxygen atoms in total. The number of aromatic nitrogens is 2. The maximum atomic E-state index is 13.0. The fourth-order valence-electron chi connectivity index (χ4n) is 3.65. The number of carbonyl (C=O) groups is 2. The Hall–Kier alpha value is -2.67. The lowest BCUT2D eigenvalue weighted by Crippen LogP contribution is -2.33. The van der Waals surface area contributed by atoms with Crippen LogP contribution in [0, 0.1) is 5.41 Å². The Balaban J connectivity index is 1.67. The van der Waals surface area contributed by atoms with E-state index in [0.29, 0.717) is 25.4 Å². The number of carboxylic acids is 1. The maximum absolute atomic E-state index is 13.0. The van der Waals surface area contributed by atoms with Crippen molar-refractivity contribution in [2.75, 3.05) is 26.3 Å². The first-order valence-corrected chi connectivity index (χ1v) is 8.34. The Labute approximate surface area is 144 Å². The number of amides is 1. The van der Waals surface area contributed by atoms with Crippen LogP contribution >= 0.6 is 0 Å². The number of nitrogens with zero attached hydrogens (tertiary/aromatic N) is 3. The average molecular weight is 341 g/mol. The van der Waals surface area contributed by atoms with Gasteiger partial charge in [-0.25, -0.2) is 9.48 Å². The molecule has 1 N–H and O–H groups in total. The lowest BCUT2D eigenvalue weighted by Gasteiger charge is -2.22. The van der Waals surface area contributed by atoms with Crippen LogP contribution in [0.2, 0.25) is 0 Å². The highest BCUT2D eigenvalue weighted by Crippen LogP contribution is 2.38. The van der Waals surface area contributed by atoms with Crippen LogP contribution in [0.15, 0.2) is 36.4 Å². The van der Waals surface area contributed by atoms with E-state index in [9.17, 15) is 14.7 Å². The molecule has 130 valence electrons. The second-order valence-corrected chi connectivity index (χ2v) is 6.75. The third-order valence-electron chi connectivity index (χ3n) is 5.06. The minimum absolute atomic E-state index is 0.0584. The number of hydrogen-bond donors (Lipinski definition) is 1. The van der Waals surface area contributed by atoms with Crippen molar-refractivity contribution in [2.45, 2.75) is 12.8 Å². The molecule has 1 atom stereocenters. The zero-order chi connectivity index (χ0) is 17.4. The van der Waals surface area contributed by atoms with Gasteiger partial charge in [0.15, 0.2) is 5.69 Å². The van der Waals surface area contributed by atoms with E-state index in [2.05, 4.69) is 5.10 Å². The number of ether oxygens (including phenoxy) is 1. The van der Waals surface area contributed by atoms with E-state index in [1.54, 1.807) is 17.0 Å². The topological polar surface area (TPSA) is 84.7 Å². The van der Waals surface area contributed by atoms with Crippen LogP contribution in [0.1, 0.15) is 33.8 Å². The fourth-order valence-corrected chi connectivity index (χ4v) is 3.65. The molecule has 1 spiro atoms. The van der Waals surface area contributed by atoms with Gasteiger partial charge in [0.2, 0.25) is 0 Å². The van der Waals surface area contributed by atoms with Crippen LogP contribution in [0.4, 0.5) is 0 Å². The molecule has 1 aromatic carbocycles. The number of hydrogen-bond acceptors (Lipinski definition) is 4. The summed E-state index contributed by atoms with van der Waals surface area (Å²) in [6, 6.07) is 10.5. The molecule has 0 radical (unpaired) electrons. The first kappa shape index (κ1) is 15.8. The number of likely N-dealkylation sites (tertiary alicyclic amines) is 1. The number of carboxylic acid groups (broad SMARTS) is 1. The van der Waals surface area contributed by atoms with Gasteiger partial charge in [-0.05, 0) is 25.0 Å². The fraction of sp³-hybridized carbons (Fsp3) is 0.389. The minimum atomic E-state index is -1.15.